The minimum atomic E-state index is -1.01. The molecule has 0 amide bonds. The molecule has 10 heteroatoms. The topological polar surface area (TPSA) is 103 Å². The van der Waals surface area contributed by atoms with Crippen molar-refractivity contribution in [2.45, 2.75) is 18.9 Å². The Labute approximate surface area is 160 Å². The zero-order valence-electron chi connectivity index (χ0n) is 13.1. The van der Waals surface area contributed by atoms with Crippen LogP contribution in [0.3, 0.4) is 0 Å². The molecule has 0 fully saturated rings. The van der Waals surface area contributed by atoms with Gasteiger partial charge < -0.3 is 5.11 Å². The minimum Gasteiger partial charge on any atom is -0.480 e. The van der Waals surface area contributed by atoms with E-state index in [0.29, 0.717) is 44.8 Å². The Kier molecular flexibility index (Phi) is 4.12. The lowest BCUT2D eigenvalue weighted by molar-refractivity contribution is -0.140. The molecule has 4 rings (SSSR count). The number of carboxylic acids is 1. The van der Waals surface area contributed by atoms with E-state index in [2.05, 4.69) is 31.5 Å². The summed E-state index contributed by atoms with van der Waals surface area (Å²) in [7, 11) is 0. The molecule has 8 nitrogen and oxygen atoms in total. The van der Waals surface area contributed by atoms with E-state index in [1.165, 1.54) is 21.6 Å². The van der Waals surface area contributed by atoms with E-state index in [0.717, 1.165) is 0 Å². The fourth-order valence-electron chi connectivity index (χ4n) is 3.25. The van der Waals surface area contributed by atoms with Gasteiger partial charge in [-0.05, 0) is 57.4 Å². The van der Waals surface area contributed by atoms with Crippen LogP contribution >= 0.6 is 27.5 Å². The quantitative estimate of drug-likeness (QED) is 0.676. The second-order valence-electron chi connectivity index (χ2n) is 5.84. The molecule has 0 saturated carbocycles. The van der Waals surface area contributed by atoms with E-state index in [1.54, 1.807) is 18.2 Å². The molecule has 1 aliphatic heterocycles. The molecular weight excluding hydrogens is 426 g/mol. The molecule has 132 valence electrons. The molecule has 1 N–H and O–H groups in total. The van der Waals surface area contributed by atoms with Crippen LogP contribution in [0.5, 0.6) is 0 Å². The number of carbonyl (C=O) groups is 1. The highest BCUT2D eigenvalue weighted by atomic mass is 79.9. The summed E-state index contributed by atoms with van der Waals surface area (Å²) in [5.41, 5.74) is 2.21. The summed E-state index contributed by atoms with van der Waals surface area (Å²) in [6.07, 6.45) is 2.31. The van der Waals surface area contributed by atoms with Crippen molar-refractivity contribution < 1.29 is 9.90 Å². The predicted molar refractivity (Wildman–Crippen MR) is 96.6 cm³/mol. The molecule has 0 spiro atoms. The standard InChI is InChI=1S/C16H11BrClN5O3/c17-15-10(6-14(24)23-12(15)3-4-13(23)16(25)26)9-5-8(18)1-2-11(9)22-7-19-20-21-22/h1-2,5-7,13H,3-4H2,(H,25,26). The van der Waals surface area contributed by atoms with E-state index in [-0.39, 0.29) is 5.56 Å². The van der Waals surface area contributed by atoms with Crippen LogP contribution < -0.4 is 5.56 Å². The Balaban J connectivity index is 1.97. The molecule has 3 heterocycles. The first-order valence-electron chi connectivity index (χ1n) is 7.67. The molecule has 1 atom stereocenters. The number of hydrogen-bond donors (Lipinski definition) is 1. The van der Waals surface area contributed by atoms with Crippen molar-refractivity contribution in [3.05, 3.63) is 56.1 Å². The second-order valence-corrected chi connectivity index (χ2v) is 7.06. The third kappa shape index (κ3) is 2.63. The fourth-order valence-corrected chi connectivity index (χ4v) is 4.14. The third-order valence-electron chi connectivity index (χ3n) is 4.38. The smallest absolute Gasteiger partial charge is 0.326 e. The summed E-state index contributed by atoms with van der Waals surface area (Å²) in [5, 5.41) is 21.0. The molecule has 26 heavy (non-hydrogen) atoms. The molecule has 1 unspecified atom stereocenters. The van der Waals surface area contributed by atoms with Crippen LogP contribution in [0.2, 0.25) is 5.02 Å². The van der Waals surface area contributed by atoms with Crippen molar-refractivity contribution in [3.8, 4) is 16.8 Å². The predicted octanol–water partition coefficient (Wildman–Crippen LogP) is 2.48. The first-order chi connectivity index (χ1) is 12.5. The van der Waals surface area contributed by atoms with E-state index >= 15 is 0 Å². The highest BCUT2D eigenvalue weighted by Crippen LogP contribution is 2.38. The molecule has 2 aromatic heterocycles. The second kappa shape index (κ2) is 6.33. The Morgan fingerprint density at radius 3 is 2.81 bits per heavy atom. The van der Waals surface area contributed by atoms with Crippen molar-refractivity contribution in [2.24, 2.45) is 0 Å². The van der Waals surface area contributed by atoms with Crippen LogP contribution in [0.1, 0.15) is 18.2 Å². The molecule has 0 radical (unpaired) electrons. The SMILES string of the molecule is O=C(O)C1CCc2c(Br)c(-c3cc(Cl)ccc3-n3cnnn3)cc(=O)n21. The summed E-state index contributed by atoms with van der Waals surface area (Å²) in [6, 6.07) is 5.75. The maximum absolute atomic E-state index is 12.7. The monoisotopic (exact) mass is 435 g/mol. The Bertz CT molecular complexity index is 1080. The summed E-state index contributed by atoms with van der Waals surface area (Å²) < 4.78 is 3.47. The zero-order valence-corrected chi connectivity index (χ0v) is 15.5. The van der Waals surface area contributed by atoms with E-state index < -0.39 is 12.0 Å². The number of rotatable bonds is 3. The summed E-state index contributed by atoms with van der Waals surface area (Å²) in [6.45, 7) is 0. The van der Waals surface area contributed by atoms with Crippen molar-refractivity contribution in [3.63, 3.8) is 0 Å². The molecular formula is C16H11BrClN5O3. The van der Waals surface area contributed by atoms with Crippen LogP contribution in [0, 0.1) is 0 Å². The van der Waals surface area contributed by atoms with Crippen LogP contribution in [-0.4, -0.2) is 35.9 Å². The molecule has 1 aliphatic rings. The summed E-state index contributed by atoms with van der Waals surface area (Å²) >= 11 is 9.71. The maximum atomic E-state index is 12.7. The molecule has 0 aliphatic carbocycles. The zero-order chi connectivity index (χ0) is 18.4. The van der Waals surface area contributed by atoms with Crippen LogP contribution in [0.25, 0.3) is 16.8 Å². The number of aromatic nitrogens is 5. The number of aliphatic carboxylic acids is 1. The van der Waals surface area contributed by atoms with Gasteiger partial charge in [0.1, 0.15) is 12.4 Å². The van der Waals surface area contributed by atoms with E-state index in [1.807, 2.05) is 0 Å². The Hall–Kier alpha value is -2.52. The van der Waals surface area contributed by atoms with Crippen molar-refractivity contribution in [1.82, 2.24) is 24.8 Å². The number of halogens is 2. The average Bonchev–Trinajstić information content (AvgIpc) is 3.27. The number of tetrazole rings is 1. The number of benzene rings is 1. The first-order valence-corrected chi connectivity index (χ1v) is 8.84. The minimum absolute atomic E-state index is 0.370. The van der Waals surface area contributed by atoms with Gasteiger partial charge in [0.15, 0.2) is 0 Å². The molecule has 3 aromatic rings. The van der Waals surface area contributed by atoms with Crippen LogP contribution in [0.15, 0.2) is 39.9 Å². The normalized spacial score (nSPS) is 15.8. The van der Waals surface area contributed by atoms with Gasteiger partial charge in [-0.2, -0.15) is 4.68 Å². The van der Waals surface area contributed by atoms with Crippen molar-refractivity contribution >= 4 is 33.5 Å². The van der Waals surface area contributed by atoms with E-state index in [4.69, 9.17) is 11.6 Å². The molecule has 1 aromatic carbocycles. The van der Waals surface area contributed by atoms with Gasteiger partial charge in [-0.15, -0.1) is 5.10 Å². The van der Waals surface area contributed by atoms with Gasteiger partial charge in [0, 0.05) is 32.4 Å². The average molecular weight is 437 g/mol. The highest BCUT2D eigenvalue weighted by Gasteiger charge is 2.32. The van der Waals surface area contributed by atoms with Gasteiger partial charge >= 0.3 is 5.97 Å². The lowest BCUT2D eigenvalue weighted by Crippen LogP contribution is -2.27. The number of carboxylic acid groups (broad SMARTS) is 1. The molecule has 0 bridgehead atoms. The van der Waals surface area contributed by atoms with E-state index in [9.17, 15) is 14.7 Å². The number of pyridine rings is 1. The van der Waals surface area contributed by atoms with Gasteiger partial charge in [-0.25, -0.2) is 4.79 Å². The van der Waals surface area contributed by atoms with Crippen molar-refractivity contribution in [1.29, 1.82) is 0 Å². The van der Waals surface area contributed by atoms with Crippen molar-refractivity contribution in [2.75, 3.05) is 0 Å². The fraction of sp³-hybridized carbons (Fsp3) is 0.188. The number of hydrogen-bond acceptors (Lipinski definition) is 5. The van der Waals surface area contributed by atoms with Crippen LogP contribution in [0.4, 0.5) is 0 Å². The maximum Gasteiger partial charge on any atom is 0.326 e. The van der Waals surface area contributed by atoms with Gasteiger partial charge in [-0.1, -0.05) is 11.6 Å². The lowest BCUT2D eigenvalue weighted by Gasteiger charge is -2.16. The third-order valence-corrected chi connectivity index (χ3v) is 5.50. The van der Waals surface area contributed by atoms with Crippen LogP contribution in [-0.2, 0) is 11.2 Å². The van der Waals surface area contributed by atoms with Gasteiger partial charge in [-0.3, -0.25) is 9.36 Å². The lowest BCUT2D eigenvalue weighted by atomic mass is 10.0. The first kappa shape index (κ1) is 16.9. The van der Waals surface area contributed by atoms with Gasteiger partial charge in [0.25, 0.3) is 5.56 Å². The number of fused-ring (bicyclic) bond motifs is 1. The van der Waals surface area contributed by atoms with Gasteiger partial charge in [0.05, 0.1) is 5.69 Å². The Morgan fingerprint density at radius 1 is 1.31 bits per heavy atom. The summed E-state index contributed by atoms with van der Waals surface area (Å²) in [4.78, 5) is 24.1. The highest BCUT2D eigenvalue weighted by molar-refractivity contribution is 9.10. The largest absolute Gasteiger partial charge is 0.480 e. The Morgan fingerprint density at radius 2 is 2.12 bits per heavy atom. The molecule has 0 saturated heterocycles. The number of nitrogens with zero attached hydrogens (tertiary/aromatic N) is 5. The summed E-state index contributed by atoms with van der Waals surface area (Å²) in [5.74, 6) is -1.01. The van der Waals surface area contributed by atoms with Gasteiger partial charge in [0.2, 0.25) is 0 Å².